The third kappa shape index (κ3) is 3.86. The van der Waals surface area contributed by atoms with E-state index in [2.05, 4.69) is 10.1 Å². The highest BCUT2D eigenvalue weighted by atomic mass is 16.5. The molecule has 3 aliphatic rings. The van der Waals surface area contributed by atoms with E-state index in [4.69, 9.17) is 4.52 Å². The molecule has 7 heteroatoms. The van der Waals surface area contributed by atoms with Gasteiger partial charge in [0, 0.05) is 56.9 Å². The van der Waals surface area contributed by atoms with E-state index >= 15 is 0 Å². The highest BCUT2D eigenvalue weighted by molar-refractivity contribution is 5.78. The van der Waals surface area contributed by atoms with Crippen molar-refractivity contribution in [2.24, 2.45) is 11.3 Å². The Morgan fingerprint density at radius 1 is 1.27 bits per heavy atom. The van der Waals surface area contributed by atoms with E-state index in [9.17, 15) is 14.4 Å². The first-order valence-corrected chi connectivity index (χ1v) is 9.76. The first-order valence-electron chi connectivity index (χ1n) is 9.76. The summed E-state index contributed by atoms with van der Waals surface area (Å²) < 4.78 is 5.03. The lowest BCUT2D eigenvalue weighted by atomic mass is 9.73. The maximum atomic E-state index is 12.7. The fraction of sp³-hybridized carbons (Fsp3) is 0.737. The van der Waals surface area contributed by atoms with Gasteiger partial charge in [0.1, 0.15) is 5.76 Å². The van der Waals surface area contributed by atoms with Crippen molar-refractivity contribution in [1.82, 2.24) is 15.0 Å². The Labute approximate surface area is 152 Å². The predicted octanol–water partition coefficient (Wildman–Crippen LogP) is 1.54. The van der Waals surface area contributed by atoms with Gasteiger partial charge in [-0.2, -0.15) is 5.16 Å². The molecule has 1 spiro atoms. The van der Waals surface area contributed by atoms with Crippen molar-refractivity contribution in [3.05, 3.63) is 22.2 Å². The van der Waals surface area contributed by atoms with E-state index in [-0.39, 0.29) is 22.8 Å². The minimum atomic E-state index is -0.271. The molecule has 26 heavy (non-hydrogen) atoms. The molecule has 7 nitrogen and oxygen atoms in total. The molecule has 1 saturated carbocycles. The van der Waals surface area contributed by atoms with Crippen LogP contribution in [-0.4, -0.2) is 52.9 Å². The molecule has 0 aromatic carbocycles. The molecule has 1 aromatic heterocycles. The van der Waals surface area contributed by atoms with Gasteiger partial charge in [0.25, 0.3) is 5.56 Å². The van der Waals surface area contributed by atoms with Gasteiger partial charge in [-0.1, -0.05) is 0 Å². The molecular weight excluding hydrogens is 334 g/mol. The van der Waals surface area contributed by atoms with Crippen molar-refractivity contribution < 1.29 is 14.1 Å². The molecule has 4 rings (SSSR count). The third-order valence-electron chi connectivity index (χ3n) is 6.10. The van der Waals surface area contributed by atoms with Crippen molar-refractivity contribution in [3.63, 3.8) is 0 Å². The van der Waals surface area contributed by atoms with Gasteiger partial charge in [0.2, 0.25) is 11.8 Å². The van der Waals surface area contributed by atoms with E-state index in [1.54, 1.807) is 0 Å². The fourth-order valence-corrected chi connectivity index (χ4v) is 4.47. The molecule has 1 aromatic rings. The van der Waals surface area contributed by atoms with Crippen LogP contribution < -0.4 is 5.56 Å². The summed E-state index contributed by atoms with van der Waals surface area (Å²) in [6.07, 6.45) is 6.88. The van der Waals surface area contributed by atoms with E-state index in [1.807, 2.05) is 4.90 Å². The Morgan fingerprint density at radius 2 is 2.12 bits per heavy atom. The zero-order valence-corrected chi connectivity index (χ0v) is 15.2. The number of hydrogen-bond acceptors (Lipinski definition) is 4. The summed E-state index contributed by atoms with van der Waals surface area (Å²) >= 11 is 0. The number of hydrogen-bond donors (Lipinski definition) is 1. The number of rotatable bonds is 5. The third-order valence-corrected chi connectivity index (χ3v) is 6.10. The number of aromatic amines is 1. The number of likely N-dealkylation sites (tertiary alicyclic amines) is 2. The topological polar surface area (TPSA) is 86.6 Å². The highest BCUT2D eigenvalue weighted by Gasteiger charge is 2.43. The normalized spacial score (nSPS) is 26.5. The molecule has 0 unspecified atom stereocenters. The Kier molecular flexibility index (Phi) is 4.63. The molecule has 3 fully saturated rings. The van der Waals surface area contributed by atoms with E-state index in [0.29, 0.717) is 30.9 Å². The summed E-state index contributed by atoms with van der Waals surface area (Å²) in [4.78, 5) is 40.0. The molecule has 1 atom stereocenters. The Morgan fingerprint density at radius 3 is 2.85 bits per heavy atom. The number of amides is 2. The van der Waals surface area contributed by atoms with Crippen molar-refractivity contribution in [3.8, 4) is 0 Å². The Bertz CT molecular complexity index is 735. The average molecular weight is 361 g/mol. The number of piperidine rings is 2. The average Bonchev–Trinajstić information content (AvgIpc) is 3.35. The number of H-pyrrole nitrogens is 1. The molecule has 0 radical (unpaired) electrons. The van der Waals surface area contributed by atoms with Gasteiger partial charge in [-0.15, -0.1) is 0 Å². The SMILES string of the molecule is O=C(CCc1cc(=O)[nH]o1)N1CCC[C@@]2(CCC(=O)N(CC3CC3)C2)C1. The van der Waals surface area contributed by atoms with Gasteiger partial charge in [0.15, 0.2) is 0 Å². The number of aryl methyl sites for hydroxylation is 1. The second-order valence-electron chi connectivity index (χ2n) is 8.32. The van der Waals surface area contributed by atoms with E-state index in [1.165, 1.54) is 18.9 Å². The molecule has 2 aliphatic heterocycles. The number of aromatic nitrogens is 1. The summed E-state index contributed by atoms with van der Waals surface area (Å²) in [5, 5.41) is 2.26. The van der Waals surface area contributed by atoms with Crippen LogP contribution in [0.1, 0.15) is 50.7 Å². The van der Waals surface area contributed by atoms with Crippen LogP contribution in [-0.2, 0) is 16.0 Å². The van der Waals surface area contributed by atoms with Gasteiger partial charge in [-0.05, 0) is 38.0 Å². The molecule has 1 N–H and O–H groups in total. The smallest absolute Gasteiger partial charge is 0.280 e. The standard InChI is InChI=1S/C19H27N3O4/c23-16-10-15(26-20-16)4-5-17(24)21-9-1-7-19(12-21)8-6-18(25)22(13-19)11-14-2-3-14/h10,14H,1-9,11-13H2,(H,20,23)/t19-/m1/s1. The van der Waals surface area contributed by atoms with E-state index < -0.39 is 0 Å². The maximum absolute atomic E-state index is 12.7. The maximum Gasteiger partial charge on any atom is 0.280 e. The van der Waals surface area contributed by atoms with Gasteiger partial charge < -0.3 is 14.3 Å². The molecule has 0 bridgehead atoms. The monoisotopic (exact) mass is 361 g/mol. The summed E-state index contributed by atoms with van der Waals surface area (Å²) in [7, 11) is 0. The van der Waals surface area contributed by atoms with Crippen LogP contribution in [0.5, 0.6) is 0 Å². The zero-order valence-electron chi connectivity index (χ0n) is 15.2. The lowest BCUT2D eigenvalue weighted by molar-refractivity contribution is -0.143. The molecular formula is C19H27N3O4. The second-order valence-corrected chi connectivity index (χ2v) is 8.32. The predicted molar refractivity (Wildman–Crippen MR) is 94.4 cm³/mol. The minimum absolute atomic E-state index is 0.0668. The zero-order chi connectivity index (χ0) is 18.1. The highest BCUT2D eigenvalue weighted by Crippen LogP contribution is 2.40. The second kappa shape index (κ2) is 6.93. The van der Waals surface area contributed by atoms with Crippen LogP contribution in [0.4, 0.5) is 0 Å². The van der Waals surface area contributed by atoms with Crippen molar-refractivity contribution in [1.29, 1.82) is 0 Å². The molecule has 1 aliphatic carbocycles. The number of carbonyl (C=O) groups is 2. The summed E-state index contributed by atoms with van der Waals surface area (Å²) in [6.45, 7) is 3.24. The van der Waals surface area contributed by atoms with Gasteiger partial charge in [-0.25, -0.2) is 0 Å². The lowest BCUT2D eigenvalue weighted by Gasteiger charge is -2.48. The van der Waals surface area contributed by atoms with Crippen LogP contribution >= 0.6 is 0 Å². The summed E-state index contributed by atoms with van der Waals surface area (Å²) in [6, 6.07) is 1.40. The molecule has 3 heterocycles. The number of carbonyl (C=O) groups excluding carboxylic acids is 2. The molecule has 2 amide bonds. The van der Waals surface area contributed by atoms with E-state index in [0.717, 1.165) is 45.4 Å². The summed E-state index contributed by atoms with van der Waals surface area (Å²) in [5.74, 6) is 1.62. The first kappa shape index (κ1) is 17.4. The van der Waals surface area contributed by atoms with Crippen LogP contribution in [0.25, 0.3) is 0 Å². The van der Waals surface area contributed by atoms with Crippen molar-refractivity contribution in [2.75, 3.05) is 26.2 Å². The number of nitrogens with one attached hydrogen (secondary N) is 1. The van der Waals surface area contributed by atoms with Crippen molar-refractivity contribution in [2.45, 2.75) is 51.4 Å². The van der Waals surface area contributed by atoms with Crippen LogP contribution in [0, 0.1) is 11.3 Å². The molecule has 142 valence electrons. The van der Waals surface area contributed by atoms with Gasteiger partial charge >= 0.3 is 0 Å². The minimum Gasteiger partial charge on any atom is -0.384 e. The first-order chi connectivity index (χ1) is 12.5. The van der Waals surface area contributed by atoms with Crippen molar-refractivity contribution >= 4 is 11.8 Å². The lowest BCUT2D eigenvalue weighted by Crippen LogP contribution is -2.55. The quantitative estimate of drug-likeness (QED) is 0.862. The van der Waals surface area contributed by atoms with Crippen LogP contribution in [0.2, 0.25) is 0 Å². The Balaban J connectivity index is 1.35. The fourth-order valence-electron chi connectivity index (χ4n) is 4.47. The number of nitrogens with zero attached hydrogens (tertiary/aromatic N) is 2. The van der Waals surface area contributed by atoms with Crippen LogP contribution in [0.15, 0.2) is 15.4 Å². The van der Waals surface area contributed by atoms with Gasteiger partial charge in [0.05, 0.1) is 0 Å². The summed E-state index contributed by atoms with van der Waals surface area (Å²) in [5.41, 5.74) is -0.204. The van der Waals surface area contributed by atoms with Crippen LogP contribution in [0.3, 0.4) is 0 Å². The largest absolute Gasteiger partial charge is 0.384 e. The molecule has 2 saturated heterocycles. The van der Waals surface area contributed by atoms with Gasteiger partial charge in [-0.3, -0.25) is 14.4 Å². The Hall–Kier alpha value is -2.05.